The molecule has 1 rings (SSSR count). The Morgan fingerprint density at radius 3 is 2.42 bits per heavy atom. The number of ether oxygens (including phenoxy) is 1. The smallest absolute Gasteiger partial charge is 0.261 e. The lowest BCUT2D eigenvalue weighted by atomic mass is 10.4. The van der Waals surface area contributed by atoms with Gasteiger partial charge in [-0.25, -0.2) is 22.5 Å². The maximum absolute atomic E-state index is 13.4. The first kappa shape index (κ1) is 15.5. The van der Waals surface area contributed by atoms with Gasteiger partial charge in [-0.1, -0.05) is 0 Å². The van der Waals surface area contributed by atoms with E-state index in [4.69, 9.17) is 0 Å². The summed E-state index contributed by atoms with van der Waals surface area (Å²) >= 11 is 0. The minimum absolute atomic E-state index is 0.0284. The number of aromatic nitrogens is 1. The van der Waals surface area contributed by atoms with Crippen LogP contribution in [0.2, 0.25) is 0 Å². The van der Waals surface area contributed by atoms with Gasteiger partial charge in [-0.05, 0) is 6.92 Å². The quantitative estimate of drug-likeness (QED) is 0.567. The molecule has 1 aromatic heterocycles. The summed E-state index contributed by atoms with van der Waals surface area (Å²) in [5.41, 5.74) is 0. The van der Waals surface area contributed by atoms with Gasteiger partial charge in [-0.15, -0.1) is 0 Å². The first-order valence-corrected chi connectivity index (χ1v) is 5.74. The lowest BCUT2D eigenvalue weighted by Crippen LogP contribution is -2.15. The fourth-order valence-corrected chi connectivity index (χ4v) is 1.30. The summed E-state index contributed by atoms with van der Waals surface area (Å²) in [4.78, 5) is 3.72. The van der Waals surface area contributed by atoms with Gasteiger partial charge in [0.05, 0.1) is 6.61 Å². The third kappa shape index (κ3) is 5.29. The van der Waals surface area contributed by atoms with Crippen molar-refractivity contribution in [2.24, 2.45) is 0 Å². The maximum atomic E-state index is 13.4. The first-order valence-electron chi connectivity index (χ1n) is 5.74. The largest absolute Gasteiger partial charge is 0.374 e. The summed E-state index contributed by atoms with van der Waals surface area (Å²) in [6, 6.07) is 0.702. The Bertz CT molecular complexity index is 404. The summed E-state index contributed by atoms with van der Waals surface area (Å²) in [6.45, 7) is 1.57. The van der Waals surface area contributed by atoms with E-state index in [9.17, 15) is 17.6 Å². The van der Waals surface area contributed by atoms with Crippen LogP contribution in [0.15, 0.2) is 6.07 Å². The van der Waals surface area contributed by atoms with Crippen LogP contribution in [0, 0.1) is 11.6 Å². The van der Waals surface area contributed by atoms with E-state index in [1.165, 1.54) is 0 Å². The standard InChI is InChI=1S/C11H15F4N3O/c1-2-16-10-7(12)5-8(13)11(18-10)17-3-4-19-6-9(14)15/h5,9H,2-4,6H2,1H3,(H2,16,17,18). The molecule has 0 radical (unpaired) electrons. The van der Waals surface area contributed by atoms with Crippen LogP contribution in [0.4, 0.5) is 29.2 Å². The van der Waals surface area contributed by atoms with Gasteiger partial charge < -0.3 is 15.4 Å². The highest BCUT2D eigenvalue weighted by Gasteiger charge is 2.11. The predicted octanol–water partition coefficient (Wildman–Crippen LogP) is 2.49. The van der Waals surface area contributed by atoms with E-state index in [-0.39, 0.29) is 24.8 Å². The Hall–Kier alpha value is -1.57. The van der Waals surface area contributed by atoms with Crippen molar-refractivity contribution < 1.29 is 22.3 Å². The number of anilines is 2. The zero-order valence-electron chi connectivity index (χ0n) is 10.4. The number of rotatable bonds is 8. The number of halogens is 4. The molecule has 1 heterocycles. The van der Waals surface area contributed by atoms with E-state index in [1.807, 2.05) is 0 Å². The molecular weight excluding hydrogens is 266 g/mol. The molecule has 0 bridgehead atoms. The second-order valence-electron chi connectivity index (χ2n) is 3.57. The summed E-state index contributed by atoms with van der Waals surface area (Å²) in [5.74, 6) is -1.87. The van der Waals surface area contributed by atoms with Crippen molar-refractivity contribution in [1.82, 2.24) is 4.98 Å². The van der Waals surface area contributed by atoms with Crippen LogP contribution >= 0.6 is 0 Å². The van der Waals surface area contributed by atoms with Gasteiger partial charge in [0.2, 0.25) is 0 Å². The Morgan fingerprint density at radius 2 is 1.84 bits per heavy atom. The van der Waals surface area contributed by atoms with Crippen LogP contribution in [0.1, 0.15) is 6.92 Å². The van der Waals surface area contributed by atoms with Crippen molar-refractivity contribution >= 4 is 11.6 Å². The number of hydrogen-bond acceptors (Lipinski definition) is 4. The number of hydrogen-bond donors (Lipinski definition) is 2. The highest BCUT2D eigenvalue weighted by atomic mass is 19.3. The van der Waals surface area contributed by atoms with Gasteiger partial charge in [0.25, 0.3) is 6.43 Å². The Kier molecular flexibility index (Phi) is 6.34. The zero-order chi connectivity index (χ0) is 14.3. The number of pyridine rings is 1. The molecule has 0 aliphatic rings. The Morgan fingerprint density at radius 1 is 1.21 bits per heavy atom. The average Bonchev–Trinajstić information content (AvgIpc) is 2.33. The molecule has 0 unspecified atom stereocenters. The van der Waals surface area contributed by atoms with Crippen LogP contribution in [-0.4, -0.2) is 37.7 Å². The maximum Gasteiger partial charge on any atom is 0.261 e. The van der Waals surface area contributed by atoms with Gasteiger partial charge in [-0.3, -0.25) is 0 Å². The van der Waals surface area contributed by atoms with Crippen LogP contribution in [-0.2, 0) is 4.74 Å². The summed E-state index contributed by atoms with van der Waals surface area (Å²) < 4.78 is 54.7. The molecule has 4 nitrogen and oxygen atoms in total. The van der Waals surface area contributed by atoms with E-state index in [2.05, 4.69) is 20.4 Å². The van der Waals surface area contributed by atoms with E-state index in [0.29, 0.717) is 12.6 Å². The van der Waals surface area contributed by atoms with Crippen molar-refractivity contribution in [1.29, 1.82) is 0 Å². The minimum atomic E-state index is -2.54. The molecule has 0 fully saturated rings. The zero-order valence-corrected chi connectivity index (χ0v) is 10.4. The summed E-state index contributed by atoms with van der Waals surface area (Å²) in [6.07, 6.45) is -2.54. The predicted molar refractivity (Wildman–Crippen MR) is 63.6 cm³/mol. The van der Waals surface area contributed by atoms with E-state index >= 15 is 0 Å². The second-order valence-corrected chi connectivity index (χ2v) is 3.57. The molecule has 0 atom stereocenters. The van der Waals surface area contributed by atoms with Crippen molar-refractivity contribution in [2.75, 3.05) is 36.9 Å². The molecule has 108 valence electrons. The molecule has 19 heavy (non-hydrogen) atoms. The number of nitrogens with zero attached hydrogens (tertiary/aromatic N) is 1. The minimum Gasteiger partial charge on any atom is -0.374 e. The molecule has 8 heteroatoms. The highest BCUT2D eigenvalue weighted by Crippen LogP contribution is 2.18. The molecule has 0 spiro atoms. The lowest BCUT2D eigenvalue weighted by Gasteiger charge is -2.10. The van der Waals surface area contributed by atoms with Crippen molar-refractivity contribution in [3.05, 3.63) is 17.7 Å². The fraction of sp³-hybridized carbons (Fsp3) is 0.545. The SMILES string of the molecule is CCNc1nc(NCCOCC(F)F)c(F)cc1F. The molecule has 0 saturated carbocycles. The van der Waals surface area contributed by atoms with Crippen LogP contribution < -0.4 is 10.6 Å². The van der Waals surface area contributed by atoms with Gasteiger partial charge in [0, 0.05) is 19.2 Å². The molecular formula is C11H15F4N3O. The third-order valence-electron chi connectivity index (χ3n) is 2.06. The third-order valence-corrected chi connectivity index (χ3v) is 2.06. The van der Waals surface area contributed by atoms with Gasteiger partial charge >= 0.3 is 0 Å². The van der Waals surface area contributed by atoms with Crippen LogP contribution in [0.3, 0.4) is 0 Å². The van der Waals surface area contributed by atoms with Gasteiger partial charge in [0.15, 0.2) is 23.3 Å². The number of alkyl halides is 2. The molecule has 0 saturated heterocycles. The van der Waals surface area contributed by atoms with Crippen molar-refractivity contribution in [2.45, 2.75) is 13.3 Å². The number of nitrogens with one attached hydrogen (secondary N) is 2. The molecule has 0 amide bonds. The van der Waals surface area contributed by atoms with E-state index < -0.39 is 24.7 Å². The summed E-state index contributed by atoms with van der Waals surface area (Å²) in [5, 5.41) is 5.19. The van der Waals surface area contributed by atoms with Crippen LogP contribution in [0.5, 0.6) is 0 Å². The molecule has 0 aliphatic carbocycles. The summed E-state index contributed by atoms with van der Waals surface area (Å²) in [7, 11) is 0. The van der Waals surface area contributed by atoms with Crippen molar-refractivity contribution in [3.8, 4) is 0 Å². The van der Waals surface area contributed by atoms with E-state index in [1.54, 1.807) is 6.92 Å². The lowest BCUT2D eigenvalue weighted by molar-refractivity contribution is 0.0214. The topological polar surface area (TPSA) is 46.2 Å². The average molecular weight is 281 g/mol. The first-order chi connectivity index (χ1) is 9.04. The highest BCUT2D eigenvalue weighted by molar-refractivity contribution is 5.47. The Labute approximate surface area is 108 Å². The van der Waals surface area contributed by atoms with Gasteiger partial charge in [0.1, 0.15) is 6.61 Å². The van der Waals surface area contributed by atoms with Crippen molar-refractivity contribution in [3.63, 3.8) is 0 Å². The fourth-order valence-electron chi connectivity index (χ4n) is 1.30. The normalized spacial score (nSPS) is 10.8. The van der Waals surface area contributed by atoms with Gasteiger partial charge in [-0.2, -0.15) is 0 Å². The van der Waals surface area contributed by atoms with E-state index in [0.717, 1.165) is 0 Å². The Balaban J connectivity index is 2.50. The molecule has 2 N–H and O–H groups in total. The monoisotopic (exact) mass is 281 g/mol. The molecule has 0 aliphatic heterocycles. The van der Waals surface area contributed by atoms with Crippen LogP contribution in [0.25, 0.3) is 0 Å². The molecule has 1 aromatic rings. The molecule has 0 aromatic carbocycles. The second kappa shape index (κ2) is 7.78.